The molecule has 2 N–H and O–H groups in total. The molecule has 0 saturated heterocycles. The Bertz CT molecular complexity index is 1330. The lowest BCUT2D eigenvalue weighted by Crippen LogP contribution is -2.36. The molecule has 0 radical (unpaired) electrons. The third-order valence-electron chi connectivity index (χ3n) is 4.45. The summed E-state index contributed by atoms with van der Waals surface area (Å²) in [4.78, 5) is 29.0. The quantitative estimate of drug-likeness (QED) is 0.315. The predicted octanol–water partition coefficient (Wildman–Crippen LogP) is 3.79. The maximum absolute atomic E-state index is 13.5. The summed E-state index contributed by atoms with van der Waals surface area (Å²) in [7, 11) is 0. The van der Waals surface area contributed by atoms with Gasteiger partial charge >= 0.3 is 18.2 Å². The van der Waals surface area contributed by atoms with Gasteiger partial charge in [-0.1, -0.05) is 12.1 Å². The summed E-state index contributed by atoms with van der Waals surface area (Å²) < 4.78 is 55.4. The molecule has 2 amide bonds. The van der Waals surface area contributed by atoms with Gasteiger partial charge in [0.25, 0.3) is 0 Å². The molecule has 0 atom stereocenters. The molecule has 8 nitrogen and oxygen atoms in total. The highest BCUT2D eigenvalue weighted by atomic mass is 32.1. The molecule has 4 aromatic rings. The van der Waals surface area contributed by atoms with Gasteiger partial charge in [0, 0.05) is 29.6 Å². The fourth-order valence-corrected chi connectivity index (χ4v) is 3.81. The van der Waals surface area contributed by atoms with Gasteiger partial charge in [-0.3, -0.25) is 9.59 Å². The molecule has 2 aromatic heterocycles. The number of rotatable bonds is 6. The molecule has 0 aliphatic heterocycles. The first kappa shape index (κ1) is 23.2. The van der Waals surface area contributed by atoms with Crippen LogP contribution in [-0.4, -0.2) is 39.3 Å². The van der Waals surface area contributed by atoms with E-state index in [1.165, 1.54) is 35.6 Å². The molecule has 4 rings (SSSR count). The van der Waals surface area contributed by atoms with Crippen LogP contribution in [0.25, 0.3) is 16.3 Å². The molecular weight excluding hydrogens is 478 g/mol. The third-order valence-corrected chi connectivity index (χ3v) is 5.32. The van der Waals surface area contributed by atoms with Crippen molar-refractivity contribution in [3.63, 3.8) is 0 Å². The number of benzene rings is 2. The number of nitrogens with one attached hydrogen (secondary N) is 2. The molecule has 0 unspecified atom stereocenters. The maximum Gasteiger partial charge on any atom is 0.573 e. The van der Waals surface area contributed by atoms with E-state index in [0.717, 1.165) is 17.8 Å². The molecule has 2 aromatic carbocycles. The van der Waals surface area contributed by atoms with E-state index in [-0.39, 0.29) is 12.2 Å². The van der Waals surface area contributed by atoms with E-state index in [4.69, 9.17) is 0 Å². The summed E-state index contributed by atoms with van der Waals surface area (Å²) in [5.74, 6) is -2.38. The largest absolute Gasteiger partial charge is 0.573 e. The van der Waals surface area contributed by atoms with Crippen LogP contribution >= 0.6 is 11.3 Å². The Morgan fingerprint density at radius 1 is 1.09 bits per heavy atom. The number of aromatic nitrogens is 3. The molecule has 34 heavy (non-hydrogen) atoms. The fourth-order valence-electron chi connectivity index (χ4n) is 2.96. The van der Waals surface area contributed by atoms with Crippen molar-refractivity contribution >= 4 is 33.8 Å². The molecule has 2 heterocycles. The predicted molar refractivity (Wildman–Crippen MR) is 115 cm³/mol. The standard InChI is InChI=1S/C21H15F4N5O3S/c22-13-3-1-2-12(10-13)17-28-20-30(29-17)15(11-34-20)8-9-26-18(31)19(32)27-14-4-6-16(7-5-14)33-21(23,24)25/h1-7,10-11H,8-9H2,(H,26,31)(H,27,32). The molecule has 0 aliphatic carbocycles. The van der Waals surface area contributed by atoms with Gasteiger partial charge in [-0.2, -0.15) is 4.98 Å². The minimum absolute atomic E-state index is 0.117. The average molecular weight is 493 g/mol. The number of amides is 2. The zero-order valence-corrected chi connectivity index (χ0v) is 17.9. The van der Waals surface area contributed by atoms with Crippen LogP contribution in [0, 0.1) is 5.82 Å². The number of hydrogen-bond donors (Lipinski definition) is 2. The number of carbonyl (C=O) groups is 2. The number of carbonyl (C=O) groups excluding carboxylic acids is 2. The number of hydrogen-bond acceptors (Lipinski definition) is 6. The van der Waals surface area contributed by atoms with Crippen LogP contribution < -0.4 is 15.4 Å². The molecule has 0 aliphatic rings. The van der Waals surface area contributed by atoms with Crippen molar-refractivity contribution in [2.75, 3.05) is 11.9 Å². The van der Waals surface area contributed by atoms with Crippen molar-refractivity contribution in [1.82, 2.24) is 19.9 Å². The molecule has 0 spiro atoms. The summed E-state index contributed by atoms with van der Waals surface area (Å²) in [6.45, 7) is 0.117. The molecular formula is C21H15F4N5O3S. The van der Waals surface area contributed by atoms with Gasteiger partial charge in [0.05, 0.1) is 5.69 Å². The number of nitrogens with zero attached hydrogens (tertiary/aromatic N) is 3. The Hall–Kier alpha value is -4.00. The second-order valence-electron chi connectivity index (χ2n) is 6.90. The van der Waals surface area contributed by atoms with E-state index >= 15 is 0 Å². The summed E-state index contributed by atoms with van der Waals surface area (Å²) in [5.41, 5.74) is 1.39. The van der Waals surface area contributed by atoms with Crippen molar-refractivity contribution in [1.29, 1.82) is 0 Å². The van der Waals surface area contributed by atoms with Crippen molar-refractivity contribution in [2.45, 2.75) is 12.8 Å². The highest BCUT2D eigenvalue weighted by molar-refractivity contribution is 7.15. The van der Waals surface area contributed by atoms with Crippen LogP contribution in [0.4, 0.5) is 23.2 Å². The zero-order chi connectivity index (χ0) is 24.3. The molecule has 176 valence electrons. The minimum Gasteiger partial charge on any atom is -0.406 e. The zero-order valence-electron chi connectivity index (χ0n) is 17.1. The number of anilines is 1. The monoisotopic (exact) mass is 493 g/mol. The molecule has 0 fully saturated rings. The van der Waals surface area contributed by atoms with Gasteiger partial charge < -0.3 is 15.4 Å². The summed E-state index contributed by atoms with van der Waals surface area (Å²) in [5, 5.41) is 10.9. The maximum atomic E-state index is 13.5. The summed E-state index contributed by atoms with van der Waals surface area (Å²) in [6, 6.07) is 10.3. The van der Waals surface area contributed by atoms with Gasteiger partial charge in [-0.25, -0.2) is 8.91 Å². The first-order chi connectivity index (χ1) is 16.2. The lowest BCUT2D eigenvalue weighted by atomic mass is 10.2. The SMILES string of the molecule is O=C(NCCc1csc2nc(-c3cccc(F)c3)nn12)C(=O)Nc1ccc(OC(F)(F)F)cc1. The molecule has 13 heteroatoms. The molecule has 0 bridgehead atoms. The van der Waals surface area contributed by atoms with Crippen LogP contribution in [0.2, 0.25) is 0 Å². The Morgan fingerprint density at radius 3 is 2.56 bits per heavy atom. The van der Waals surface area contributed by atoms with Crippen molar-refractivity contribution in [3.8, 4) is 17.1 Å². The molecule has 0 saturated carbocycles. The fraction of sp³-hybridized carbons (Fsp3) is 0.143. The number of alkyl halides is 3. The Kier molecular flexibility index (Phi) is 6.45. The Morgan fingerprint density at radius 2 is 1.85 bits per heavy atom. The second-order valence-corrected chi connectivity index (χ2v) is 7.74. The third kappa shape index (κ3) is 5.67. The summed E-state index contributed by atoms with van der Waals surface area (Å²) in [6.07, 6.45) is -4.49. The van der Waals surface area contributed by atoms with Crippen molar-refractivity contribution in [3.05, 3.63) is 65.4 Å². The smallest absolute Gasteiger partial charge is 0.406 e. The first-order valence-corrected chi connectivity index (χ1v) is 10.6. The van der Waals surface area contributed by atoms with Crippen LogP contribution in [0.5, 0.6) is 5.75 Å². The van der Waals surface area contributed by atoms with E-state index in [0.29, 0.717) is 22.8 Å². The minimum atomic E-state index is -4.83. The van der Waals surface area contributed by atoms with Gasteiger partial charge in [0.15, 0.2) is 5.82 Å². The van der Waals surface area contributed by atoms with E-state index < -0.39 is 29.7 Å². The second kappa shape index (κ2) is 9.47. The topological polar surface area (TPSA) is 97.6 Å². The normalized spacial score (nSPS) is 11.4. The van der Waals surface area contributed by atoms with Crippen LogP contribution in [-0.2, 0) is 16.0 Å². The van der Waals surface area contributed by atoms with Gasteiger partial charge in [-0.15, -0.1) is 29.6 Å². The lowest BCUT2D eigenvalue weighted by molar-refractivity contribution is -0.274. The Labute approximate surface area is 193 Å². The number of fused-ring (bicyclic) bond motifs is 1. The van der Waals surface area contributed by atoms with E-state index in [1.54, 1.807) is 16.6 Å². The first-order valence-electron chi connectivity index (χ1n) is 9.72. The highest BCUT2D eigenvalue weighted by Gasteiger charge is 2.31. The van der Waals surface area contributed by atoms with E-state index in [9.17, 15) is 27.2 Å². The van der Waals surface area contributed by atoms with Gasteiger partial charge in [-0.05, 0) is 36.4 Å². The number of halogens is 4. The summed E-state index contributed by atoms with van der Waals surface area (Å²) >= 11 is 1.33. The van der Waals surface area contributed by atoms with Crippen molar-refractivity contribution in [2.24, 2.45) is 0 Å². The average Bonchev–Trinajstić information content (AvgIpc) is 3.36. The van der Waals surface area contributed by atoms with Crippen LogP contribution in [0.15, 0.2) is 53.9 Å². The van der Waals surface area contributed by atoms with Crippen LogP contribution in [0.1, 0.15) is 5.69 Å². The van der Waals surface area contributed by atoms with E-state index in [2.05, 4.69) is 25.5 Å². The number of thiazole rings is 1. The Balaban J connectivity index is 1.31. The lowest BCUT2D eigenvalue weighted by Gasteiger charge is -2.10. The van der Waals surface area contributed by atoms with Crippen molar-refractivity contribution < 1.29 is 31.9 Å². The van der Waals surface area contributed by atoms with Gasteiger partial charge in [0.1, 0.15) is 11.6 Å². The van der Waals surface area contributed by atoms with Gasteiger partial charge in [0.2, 0.25) is 4.96 Å². The number of ether oxygens (including phenoxy) is 1. The van der Waals surface area contributed by atoms with E-state index in [1.807, 2.05) is 5.38 Å². The van der Waals surface area contributed by atoms with Crippen LogP contribution in [0.3, 0.4) is 0 Å². The highest BCUT2D eigenvalue weighted by Crippen LogP contribution is 2.24.